The molecule has 0 saturated heterocycles. The van der Waals surface area contributed by atoms with Crippen LogP contribution in [0.4, 0.5) is 5.69 Å². The molecule has 0 saturated carbocycles. The molecule has 0 unspecified atom stereocenters. The molecule has 0 atom stereocenters. The van der Waals surface area contributed by atoms with Gasteiger partial charge in [-0.1, -0.05) is 5.11 Å². The van der Waals surface area contributed by atoms with E-state index in [2.05, 4.69) is 15.0 Å². The van der Waals surface area contributed by atoms with Crippen molar-refractivity contribution >= 4 is 11.6 Å². The zero-order chi connectivity index (χ0) is 8.97. The summed E-state index contributed by atoms with van der Waals surface area (Å²) in [5.74, 6) is -0.648. The van der Waals surface area contributed by atoms with E-state index in [1.165, 1.54) is 18.3 Å². The number of nitrogens with two attached hydrogens (primary N) is 1. The highest BCUT2D eigenvalue weighted by molar-refractivity contribution is 5.91. The van der Waals surface area contributed by atoms with E-state index in [1.54, 1.807) is 0 Å². The second-order valence-electron chi connectivity index (χ2n) is 1.95. The zero-order valence-electron chi connectivity index (χ0n) is 6.01. The van der Waals surface area contributed by atoms with Crippen LogP contribution in [0.15, 0.2) is 23.4 Å². The fourth-order valence-electron chi connectivity index (χ4n) is 0.668. The molecule has 12 heavy (non-hydrogen) atoms. The Morgan fingerprint density at radius 2 is 2.50 bits per heavy atom. The summed E-state index contributed by atoms with van der Waals surface area (Å²) in [5, 5.41) is 3.28. The first kappa shape index (κ1) is 8.03. The average molecular weight is 163 g/mol. The van der Waals surface area contributed by atoms with Gasteiger partial charge in [-0.25, -0.2) is 0 Å². The highest BCUT2D eigenvalue weighted by Gasteiger charge is 2.00. The quantitative estimate of drug-likeness (QED) is 0.400. The molecule has 60 valence electrons. The molecule has 0 aliphatic carbocycles. The summed E-state index contributed by atoms with van der Waals surface area (Å²) in [4.78, 5) is 16.8. The minimum atomic E-state index is -0.648. The second kappa shape index (κ2) is 3.36. The standard InChI is InChI=1S/C6H5N5O/c7-6(12)5-3-4(10-11-8)1-2-9-5/h1-3H,(H2,7,12). The Labute approximate surface area is 67.7 Å². The highest BCUT2D eigenvalue weighted by atomic mass is 16.1. The largest absolute Gasteiger partial charge is 0.364 e. The predicted octanol–water partition coefficient (Wildman–Crippen LogP) is 1.12. The number of azide groups is 1. The molecule has 1 aromatic heterocycles. The zero-order valence-corrected chi connectivity index (χ0v) is 6.01. The number of primary amides is 1. The lowest BCUT2D eigenvalue weighted by Gasteiger charge is -1.93. The number of carbonyl (C=O) groups excluding carboxylic acids is 1. The van der Waals surface area contributed by atoms with Gasteiger partial charge in [0.2, 0.25) is 0 Å². The predicted molar refractivity (Wildman–Crippen MR) is 41.6 cm³/mol. The van der Waals surface area contributed by atoms with Gasteiger partial charge in [0, 0.05) is 16.8 Å². The van der Waals surface area contributed by atoms with Crippen LogP contribution in [-0.2, 0) is 0 Å². The Kier molecular flexibility index (Phi) is 2.25. The van der Waals surface area contributed by atoms with E-state index in [0.717, 1.165) is 0 Å². The van der Waals surface area contributed by atoms with E-state index < -0.39 is 5.91 Å². The lowest BCUT2D eigenvalue weighted by molar-refractivity contribution is 0.0995. The summed E-state index contributed by atoms with van der Waals surface area (Å²) in [7, 11) is 0. The molecule has 0 aliphatic heterocycles. The molecule has 0 aromatic carbocycles. The molecule has 1 heterocycles. The van der Waals surface area contributed by atoms with Gasteiger partial charge in [0.05, 0.1) is 0 Å². The van der Waals surface area contributed by atoms with Gasteiger partial charge in [-0.3, -0.25) is 9.78 Å². The highest BCUT2D eigenvalue weighted by Crippen LogP contribution is 2.11. The molecule has 1 amide bonds. The molecule has 1 aromatic rings. The van der Waals surface area contributed by atoms with Crippen LogP contribution in [0, 0.1) is 0 Å². The van der Waals surface area contributed by atoms with E-state index in [-0.39, 0.29) is 5.69 Å². The SMILES string of the molecule is [N-]=[N+]=Nc1ccnc(C(N)=O)c1. The van der Waals surface area contributed by atoms with Crippen molar-refractivity contribution in [1.82, 2.24) is 4.98 Å². The minimum absolute atomic E-state index is 0.0832. The number of rotatable bonds is 2. The van der Waals surface area contributed by atoms with Crippen LogP contribution < -0.4 is 5.73 Å². The maximum absolute atomic E-state index is 10.6. The third-order valence-corrected chi connectivity index (χ3v) is 1.16. The Morgan fingerprint density at radius 1 is 1.75 bits per heavy atom. The summed E-state index contributed by atoms with van der Waals surface area (Å²) < 4.78 is 0. The smallest absolute Gasteiger partial charge is 0.267 e. The summed E-state index contributed by atoms with van der Waals surface area (Å²) in [6.45, 7) is 0. The number of amides is 1. The van der Waals surface area contributed by atoms with Crippen LogP contribution in [-0.4, -0.2) is 10.9 Å². The maximum atomic E-state index is 10.6. The second-order valence-corrected chi connectivity index (χ2v) is 1.95. The van der Waals surface area contributed by atoms with Gasteiger partial charge >= 0.3 is 0 Å². The van der Waals surface area contributed by atoms with Crippen LogP contribution in [0.2, 0.25) is 0 Å². The number of aromatic nitrogens is 1. The van der Waals surface area contributed by atoms with Crippen molar-refractivity contribution in [2.24, 2.45) is 10.8 Å². The van der Waals surface area contributed by atoms with E-state index in [1.807, 2.05) is 0 Å². The fraction of sp³-hybridized carbons (Fsp3) is 0. The van der Waals surface area contributed by atoms with Crippen LogP contribution >= 0.6 is 0 Å². The van der Waals surface area contributed by atoms with E-state index in [0.29, 0.717) is 5.69 Å². The first-order valence-electron chi connectivity index (χ1n) is 3.05. The van der Waals surface area contributed by atoms with Gasteiger partial charge < -0.3 is 5.73 Å². The number of nitrogens with zero attached hydrogens (tertiary/aromatic N) is 4. The summed E-state index contributed by atoms with van der Waals surface area (Å²) in [6, 6.07) is 2.80. The lowest BCUT2D eigenvalue weighted by Crippen LogP contribution is -2.12. The number of pyridine rings is 1. The van der Waals surface area contributed by atoms with E-state index in [4.69, 9.17) is 11.3 Å². The summed E-state index contributed by atoms with van der Waals surface area (Å²) in [5.41, 5.74) is 13.4. The molecule has 0 aliphatic rings. The lowest BCUT2D eigenvalue weighted by atomic mass is 10.3. The molecule has 2 N–H and O–H groups in total. The Bertz CT molecular complexity index is 337. The fourth-order valence-corrected chi connectivity index (χ4v) is 0.668. The van der Waals surface area contributed by atoms with Gasteiger partial charge in [-0.15, -0.1) is 0 Å². The normalized spacial score (nSPS) is 8.67. The molecular weight excluding hydrogens is 158 g/mol. The monoisotopic (exact) mass is 163 g/mol. The molecule has 6 nitrogen and oxygen atoms in total. The van der Waals surface area contributed by atoms with Crippen molar-refractivity contribution in [1.29, 1.82) is 0 Å². The van der Waals surface area contributed by atoms with Gasteiger partial charge in [0.25, 0.3) is 5.91 Å². The van der Waals surface area contributed by atoms with Gasteiger partial charge in [0.15, 0.2) is 0 Å². The Balaban J connectivity index is 3.11. The van der Waals surface area contributed by atoms with Gasteiger partial charge in [-0.05, 0) is 17.7 Å². The molecule has 6 heteroatoms. The van der Waals surface area contributed by atoms with Gasteiger partial charge in [-0.2, -0.15) is 0 Å². The molecule has 1 rings (SSSR count). The number of hydrogen-bond acceptors (Lipinski definition) is 3. The third-order valence-electron chi connectivity index (χ3n) is 1.16. The number of carbonyl (C=O) groups is 1. The van der Waals surface area contributed by atoms with Crippen molar-refractivity contribution in [3.8, 4) is 0 Å². The first-order chi connectivity index (χ1) is 5.74. The first-order valence-corrected chi connectivity index (χ1v) is 3.05. The number of hydrogen-bond donors (Lipinski definition) is 1. The van der Waals surface area contributed by atoms with Crippen LogP contribution in [0.1, 0.15) is 10.5 Å². The van der Waals surface area contributed by atoms with Crippen LogP contribution in [0.5, 0.6) is 0 Å². The molecule has 0 bridgehead atoms. The van der Waals surface area contributed by atoms with Crippen LogP contribution in [0.3, 0.4) is 0 Å². The van der Waals surface area contributed by atoms with Crippen molar-refractivity contribution in [2.45, 2.75) is 0 Å². The minimum Gasteiger partial charge on any atom is -0.364 e. The summed E-state index contributed by atoms with van der Waals surface area (Å²) >= 11 is 0. The third kappa shape index (κ3) is 1.71. The van der Waals surface area contributed by atoms with E-state index >= 15 is 0 Å². The van der Waals surface area contributed by atoms with Crippen molar-refractivity contribution in [3.63, 3.8) is 0 Å². The van der Waals surface area contributed by atoms with E-state index in [9.17, 15) is 4.79 Å². The average Bonchev–Trinajstić information content (AvgIpc) is 2.05. The topological polar surface area (TPSA) is 105 Å². The van der Waals surface area contributed by atoms with Crippen LogP contribution in [0.25, 0.3) is 10.4 Å². The van der Waals surface area contributed by atoms with Crippen molar-refractivity contribution in [2.75, 3.05) is 0 Å². The van der Waals surface area contributed by atoms with Crippen molar-refractivity contribution in [3.05, 3.63) is 34.5 Å². The molecule has 0 radical (unpaired) electrons. The molecular formula is C6H5N5O. The Morgan fingerprint density at radius 3 is 3.08 bits per heavy atom. The van der Waals surface area contributed by atoms with Crippen molar-refractivity contribution < 1.29 is 4.79 Å². The van der Waals surface area contributed by atoms with Gasteiger partial charge in [0.1, 0.15) is 5.69 Å². The molecule has 0 spiro atoms. The Hall–Kier alpha value is -2.07. The maximum Gasteiger partial charge on any atom is 0.267 e. The molecule has 0 fully saturated rings. The summed E-state index contributed by atoms with van der Waals surface area (Å²) in [6.07, 6.45) is 1.35.